The van der Waals surface area contributed by atoms with E-state index in [1.54, 1.807) is 12.4 Å². The van der Waals surface area contributed by atoms with Crippen molar-refractivity contribution in [1.29, 1.82) is 0 Å². The average molecular weight is 382 g/mol. The quantitative estimate of drug-likeness (QED) is 0.667. The number of nitrogens with one attached hydrogen (secondary N) is 1. The first-order valence-electron chi connectivity index (χ1n) is 6.87. The van der Waals surface area contributed by atoms with Gasteiger partial charge in [-0.05, 0) is 18.2 Å². The van der Waals surface area contributed by atoms with Gasteiger partial charge >= 0.3 is 6.36 Å². The van der Waals surface area contributed by atoms with E-state index in [0.717, 1.165) is 29.5 Å². The van der Waals surface area contributed by atoms with Gasteiger partial charge in [-0.2, -0.15) is 0 Å². The number of nitrogen functional groups attached to an aromatic ring is 1. The highest BCUT2D eigenvalue weighted by atomic mass is 32.1. The van der Waals surface area contributed by atoms with Crippen LogP contribution in [0.25, 0.3) is 10.6 Å². The molecular weight excluding hydrogens is 373 g/mol. The molecule has 0 bridgehead atoms. The van der Waals surface area contributed by atoms with Crippen LogP contribution in [0.4, 0.5) is 24.0 Å². The molecule has 26 heavy (non-hydrogen) atoms. The van der Waals surface area contributed by atoms with Crippen LogP contribution < -0.4 is 15.8 Å². The van der Waals surface area contributed by atoms with Crippen LogP contribution in [-0.2, 0) is 0 Å². The third-order valence-electron chi connectivity index (χ3n) is 2.95. The summed E-state index contributed by atoms with van der Waals surface area (Å²) >= 11 is 1.09. The number of benzene rings is 1. The molecule has 8 nitrogen and oxygen atoms in total. The molecule has 0 aliphatic heterocycles. The van der Waals surface area contributed by atoms with Gasteiger partial charge < -0.3 is 10.5 Å². The zero-order chi connectivity index (χ0) is 18.7. The summed E-state index contributed by atoms with van der Waals surface area (Å²) in [6, 6.07) is 3.19. The predicted molar refractivity (Wildman–Crippen MR) is 86.4 cm³/mol. The Labute approximate surface area is 147 Å². The monoisotopic (exact) mass is 382 g/mol. The number of rotatable bonds is 4. The average Bonchev–Trinajstić information content (AvgIpc) is 3.05. The van der Waals surface area contributed by atoms with Gasteiger partial charge in [-0.25, -0.2) is 9.97 Å². The van der Waals surface area contributed by atoms with Gasteiger partial charge in [0.2, 0.25) is 5.13 Å². The Hall–Kier alpha value is -3.28. The number of aromatic nitrogens is 4. The van der Waals surface area contributed by atoms with Crippen LogP contribution >= 0.6 is 11.3 Å². The summed E-state index contributed by atoms with van der Waals surface area (Å²) in [5.74, 6) is -1.20. The molecule has 0 saturated heterocycles. The molecule has 1 aromatic carbocycles. The minimum atomic E-state index is -4.87. The third-order valence-corrected chi connectivity index (χ3v) is 3.84. The molecule has 12 heteroatoms. The first-order chi connectivity index (χ1) is 12.3. The Kier molecular flexibility index (Phi) is 4.67. The van der Waals surface area contributed by atoms with Gasteiger partial charge in [0.25, 0.3) is 5.91 Å². The van der Waals surface area contributed by atoms with Crippen LogP contribution in [0.5, 0.6) is 5.75 Å². The Morgan fingerprint density at radius 1 is 1.19 bits per heavy atom. The number of amides is 1. The fourth-order valence-corrected chi connectivity index (χ4v) is 2.59. The number of alkyl halides is 3. The van der Waals surface area contributed by atoms with Crippen molar-refractivity contribution in [2.45, 2.75) is 6.36 Å². The summed E-state index contributed by atoms with van der Waals surface area (Å²) in [5.41, 5.74) is 5.84. The molecule has 134 valence electrons. The summed E-state index contributed by atoms with van der Waals surface area (Å²) in [4.78, 5) is 19.9. The van der Waals surface area contributed by atoms with Gasteiger partial charge in [-0.3, -0.25) is 10.1 Å². The SMILES string of the molecule is Nc1cc(C(=O)Nc2nnc(-c3cncnc3)s2)ccc1OC(F)(F)F. The van der Waals surface area contributed by atoms with Crippen molar-refractivity contribution in [2.75, 3.05) is 11.1 Å². The molecule has 0 unspecified atom stereocenters. The highest BCUT2D eigenvalue weighted by molar-refractivity contribution is 7.18. The lowest BCUT2D eigenvalue weighted by Crippen LogP contribution is -2.18. The molecule has 3 N–H and O–H groups in total. The van der Waals surface area contributed by atoms with Crippen molar-refractivity contribution < 1.29 is 22.7 Å². The number of nitrogens with two attached hydrogens (primary N) is 1. The van der Waals surface area contributed by atoms with Crippen molar-refractivity contribution in [3.63, 3.8) is 0 Å². The third kappa shape index (κ3) is 4.22. The summed E-state index contributed by atoms with van der Waals surface area (Å²) in [7, 11) is 0. The summed E-state index contributed by atoms with van der Waals surface area (Å²) < 4.78 is 40.4. The van der Waals surface area contributed by atoms with Gasteiger partial charge in [0.15, 0.2) is 10.8 Å². The van der Waals surface area contributed by atoms with Crippen molar-refractivity contribution in [3.8, 4) is 16.3 Å². The van der Waals surface area contributed by atoms with Crippen LogP contribution in [0.2, 0.25) is 0 Å². The number of halogens is 3. The molecular formula is C14H9F3N6O2S. The van der Waals surface area contributed by atoms with Crippen molar-refractivity contribution in [3.05, 3.63) is 42.5 Å². The molecule has 0 radical (unpaired) electrons. The van der Waals surface area contributed by atoms with E-state index in [0.29, 0.717) is 10.6 Å². The fourth-order valence-electron chi connectivity index (χ4n) is 1.88. The predicted octanol–water partition coefficient (Wildman–Crippen LogP) is 2.73. The zero-order valence-electron chi connectivity index (χ0n) is 12.7. The molecule has 2 heterocycles. The van der Waals surface area contributed by atoms with Crippen LogP contribution in [0.1, 0.15) is 10.4 Å². The highest BCUT2D eigenvalue weighted by Crippen LogP contribution is 2.30. The van der Waals surface area contributed by atoms with E-state index in [9.17, 15) is 18.0 Å². The summed E-state index contributed by atoms with van der Waals surface area (Å²) in [5, 5.41) is 10.9. The summed E-state index contributed by atoms with van der Waals surface area (Å²) in [6.07, 6.45) is -0.426. The van der Waals surface area contributed by atoms with Crippen LogP contribution in [0.3, 0.4) is 0 Å². The molecule has 3 rings (SSSR count). The Bertz CT molecular complexity index is 932. The van der Waals surface area contributed by atoms with Crippen molar-refractivity contribution in [1.82, 2.24) is 20.2 Å². The Morgan fingerprint density at radius 2 is 1.92 bits per heavy atom. The topological polar surface area (TPSA) is 116 Å². The van der Waals surface area contributed by atoms with Crippen molar-refractivity contribution >= 4 is 28.1 Å². The number of nitrogens with zero attached hydrogens (tertiary/aromatic N) is 4. The lowest BCUT2D eigenvalue weighted by molar-refractivity contribution is -0.274. The van der Waals surface area contributed by atoms with Crippen LogP contribution in [0.15, 0.2) is 36.9 Å². The summed E-state index contributed by atoms with van der Waals surface area (Å²) in [6.45, 7) is 0. The highest BCUT2D eigenvalue weighted by Gasteiger charge is 2.32. The lowest BCUT2D eigenvalue weighted by Gasteiger charge is -2.11. The van der Waals surface area contributed by atoms with Gasteiger partial charge in [-0.1, -0.05) is 11.3 Å². The lowest BCUT2D eigenvalue weighted by atomic mass is 10.2. The molecule has 0 saturated carbocycles. The van der Waals surface area contributed by atoms with E-state index in [1.165, 1.54) is 6.33 Å². The van der Waals surface area contributed by atoms with Gasteiger partial charge in [-0.15, -0.1) is 23.4 Å². The normalized spacial score (nSPS) is 11.2. The van der Waals surface area contributed by atoms with Gasteiger partial charge in [0.05, 0.1) is 5.69 Å². The Balaban J connectivity index is 1.72. The minimum absolute atomic E-state index is 0.0387. The molecule has 0 aliphatic rings. The number of ether oxygens (including phenoxy) is 1. The molecule has 0 atom stereocenters. The molecule has 0 spiro atoms. The number of carbonyl (C=O) groups excluding carboxylic acids is 1. The van der Waals surface area contributed by atoms with Crippen LogP contribution in [0, 0.1) is 0 Å². The standard InChI is InChI=1S/C14H9F3N6O2S/c15-14(16,17)25-10-2-1-7(3-9(10)18)11(24)21-13-23-22-12(26-13)8-4-19-6-20-5-8/h1-6H,18H2,(H,21,23,24). The van der Waals surface area contributed by atoms with Gasteiger partial charge in [0.1, 0.15) is 6.33 Å². The second-order valence-corrected chi connectivity index (χ2v) is 5.77. The molecule has 0 fully saturated rings. The maximum absolute atomic E-state index is 12.2. The Morgan fingerprint density at radius 3 is 2.58 bits per heavy atom. The van der Waals surface area contributed by atoms with E-state index in [-0.39, 0.29) is 16.4 Å². The smallest absolute Gasteiger partial charge is 0.404 e. The number of anilines is 2. The molecule has 0 aliphatic carbocycles. The van der Waals surface area contributed by atoms with Gasteiger partial charge in [0, 0.05) is 23.5 Å². The molecule has 1 amide bonds. The van der Waals surface area contributed by atoms with Crippen LogP contribution in [-0.4, -0.2) is 32.4 Å². The van der Waals surface area contributed by atoms with E-state index < -0.39 is 18.0 Å². The van der Waals surface area contributed by atoms with Crippen molar-refractivity contribution in [2.24, 2.45) is 0 Å². The number of carbonyl (C=O) groups is 1. The second-order valence-electron chi connectivity index (χ2n) is 4.79. The first-order valence-corrected chi connectivity index (χ1v) is 7.69. The second kappa shape index (κ2) is 6.92. The molecule has 2 aromatic heterocycles. The van der Waals surface area contributed by atoms with E-state index >= 15 is 0 Å². The number of hydrogen-bond donors (Lipinski definition) is 2. The zero-order valence-corrected chi connectivity index (χ0v) is 13.5. The van der Waals surface area contributed by atoms with E-state index in [4.69, 9.17) is 5.73 Å². The molecule has 3 aromatic rings. The van der Waals surface area contributed by atoms with E-state index in [2.05, 4.69) is 30.2 Å². The minimum Gasteiger partial charge on any atom is -0.404 e. The maximum atomic E-state index is 12.2. The maximum Gasteiger partial charge on any atom is 0.573 e. The fraction of sp³-hybridized carbons (Fsp3) is 0.0714. The largest absolute Gasteiger partial charge is 0.573 e. The first kappa shape index (κ1) is 17.5. The van der Waals surface area contributed by atoms with E-state index in [1.807, 2.05) is 0 Å². The number of hydrogen-bond acceptors (Lipinski definition) is 8.